The lowest BCUT2D eigenvalue weighted by Crippen LogP contribution is -2.24. The van der Waals surface area contributed by atoms with Crippen LogP contribution in [0.4, 0.5) is 0 Å². The van der Waals surface area contributed by atoms with Gasteiger partial charge in [-0.05, 0) is 48.6 Å². The van der Waals surface area contributed by atoms with Crippen LogP contribution in [0.2, 0.25) is 0 Å². The first kappa shape index (κ1) is 13.9. The van der Waals surface area contributed by atoms with E-state index in [1.165, 1.54) is 0 Å². The third-order valence-electron chi connectivity index (χ3n) is 4.37. The maximum absolute atomic E-state index is 12.8. The molecule has 0 amide bonds. The van der Waals surface area contributed by atoms with Gasteiger partial charge in [0, 0.05) is 6.54 Å². The topological polar surface area (TPSA) is 34.9 Å². The van der Waals surface area contributed by atoms with Gasteiger partial charge < -0.3 is 0 Å². The summed E-state index contributed by atoms with van der Waals surface area (Å²) in [6.07, 6.45) is 5.22. The van der Waals surface area contributed by atoms with Crippen molar-refractivity contribution >= 4 is 22.6 Å². The Bertz CT molecular complexity index is 939. The number of nitrogens with zero attached hydrogens (tertiary/aromatic N) is 2. The molecular weight excluding hydrogens is 284 g/mol. The Kier molecular flexibility index (Phi) is 3.54. The molecule has 1 aliphatic rings. The molecule has 2 aromatic carbocycles. The summed E-state index contributed by atoms with van der Waals surface area (Å²) < 4.78 is 1.85. The number of rotatable bonds is 1. The maximum Gasteiger partial charge on any atom is 0.261 e. The van der Waals surface area contributed by atoms with Gasteiger partial charge in [0.05, 0.1) is 10.9 Å². The number of aromatic nitrogens is 2. The van der Waals surface area contributed by atoms with E-state index < -0.39 is 0 Å². The Labute approximate surface area is 134 Å². The molecule has 3 nitrogen and oxygen atoms in total. The molecule has 1 aliphatic heterocycles. The van der Waals surface area contributed by atoms with Crippen molar-refractivity contribution in [2.45, 2.75) is 25.8 Å². The summed E-state index contributed by atoms with van der Waals surface area (Å²) in [7, 11) is 0. The van der Waals surface area contributed by atoms with Crippen molar-refractivity contribution in [2.24, 2.45) is 0 Å². The van der Waals surface area contributed by atoms with Crippen LogP contribution in [-0.2, 0) is 6.54 Å². The highest BCUT2D eigenvalue weighted by molar-refractivity contribution is 5.83. The summed E-state index contributed by atoms with van der Waals surface area (Å²) in [4.78, 5) is 17.6. The van der Waals surface area contributed by atoms with E-state index >= 15 is 0 Å². The highest BCUT2D eigenvalue weighted by Gasteiger charge is 2.17. The van der Waals surface area contributed by atoms with Gasteiger partial charge in [0.15, 0.2) is 0 Å². The fraction of sp³-hybridized carbons (Fsp3) is 0.200. The average molecular weight is 302 g/mol. The lowest BCUT2D eigenvalue weighted by Gasteiger charge is -2.12. The second-order valence-electron chi connectivity index (χ2n) is 5.95. The number of para-hydroxylation sites is 1. The van der Waals surface area contributed by atoms with Crippen molar-refractivity contribution in [1.82, 2.24) is 9.55 Å². The molecule has 0 atom stereocenters. The minimum absolute atomic E-state index is 0.0754. The number of benzene rings is 2. The SMILES string of the molecule is O=c1c2ccccc2nc2n1CCCC/C2=C/c1ccccc1. The zero-order valence-corrected chi connectivity index (χ0v) is 12.9. The molecule has 0 spiro atoms. The van der Waals surface area contributed by atoms with Gasteiger partial charge in [0.2, 0.25) is 0 Å². The maximum atomic E-state index is 12.8. The van der Waals surface area contributed by atoms with Crippen molar-refractivity contribution in [3.05, 3.63) is 76.3 Å². The summed E-state index contributed by atoms with van der Waals surface area (Å²) >= 11 is 0. The van der Waals surface area contributed by atoms with Gasteiger partial charge in [-0.3, -0.25) is 9.36 Å². The molecule has 0 bridgehead atoms. The predicted molar refractivity (Wildman–Crippen MR) is 94.2 cm³/mol. The number of hydrogen-bond acceptors (Lipinski definition) is 2. The van der Waals surface area contributed by atoms with E-state index in [0.29, 0.717) is 5.39 Å². The highest BCUT2D eigenvalue weighted by Crippen LogP contribution is 2.26. The van der Waals surface area contributed by atoms with Gasteiger partial charge in [-0.15, -0.1) is 0 Å². The molecule has 1 aromatic heterocycles. The molecule has 2 heterocycles. The highest BCUT2D eigenvalue weighted by atomic mass is 16.1. The largest absolute Gasteiger partial charge is 0.292 e. The van der Waals surface area contributed by atoms with Gasteiger partial charge >= 0.3 is 0 Å². The van der Waals surface area contributed by atoms with Crippen LogP contribution in [0.3, 0.4) is 0 Å². The van der Waals surface area contributed by atoms with E-state index in [2.05, 4.69) is 18.2 Å². The van der Waals surface area contributed by atoms with E-state index in [4.69, 9.17) is 4.98 Å². The Morgan fingerprint density at radius 3 is 2.61 bits per heavy atom. The molecule has 0 saturated heterocycles. The Balaban J connectivity index is 1.96. The normalized spacial score (nSPS) is 16.3. The summed E-state index contributed by atoms with van der Waals surface area (Å²) in [5.41, 5.74) is 3.16. The van der Waals surface area contributed by atoms with Crippen LogP contribution in [0.5, 0.6) is 0 Å². The average Bonchev–Trinajstić information content (AvgIpc) is 2.79. The van der Waals surface area contributed by atoms with E-state index in [1.54, 1.807) is 0 Å². The molecule has 3 aromatic rings. The van der Waals surface area contributed by atoms with Crippen LogP contribution in [0, 0.1) is 0 Å². The minimum atomic E-state index is 0.0754. The fourth-order valence-corrected chi connectivity index (χ4v) is 3.20. The molecule has 114 valence electrons. The number of hydrogen-bond donors (Lipinski definition) is 0. The number of allylic oxidation sites excluding steroid dienone is 1. The second kappa shape index (κ2) is 5.84. The van der Waals surface area contributed by atoms with Crippen LogP contribution >= 0.6 is 0 Å². The Morgan fingerprint density at radius 2 is 1.74 bits per heavy atom. The van der Waals surface area contributed by atoms with Crippen molar-refractivity contribution < 1.29 is 0 Å². The quantitative estimate of drug-likeness (QED) is 0.677. The molecular formula is C20H18N2O. The predicted octanol–water partition coefficient (Wildman–Crippen LogP) is 4.12. The summed E-state index contributed by atoms with van der Waals surface area (Å²) in [6, 6.07) is 17.9. The lowest BCUT2D eigenvalue weighted by molar-refractivity contribution is 0.614. The van der Waals surface area contributed by atoms with Crippen molar-refractivity contribution in [3.63, 3.8) is 0 Å². The van der Waals surface area contributed by atoms with Gasteiger partial charge in [-0.2, -0.15) is 0 Å². The second-order valence-corrected chi connectivity index (χ2v) is 5.95. The molecule has 0 radical (unpaired) electrons. The lowest BCUT2D eigenvalue weighted by atomic mass is 10.1. The van der Waals surface area contributed by atoms with Gasteiger partial charge in [0.25, 0.3) is 5.56 Å². The molecule has 3 heteroatoms. The Hall–Kier alpha value is -2.68. The van der Waals surface area contributed by atoms with Gasteiger partial charge in [-0.25, -0.2) is 4.98 Å². The third kappa shape index (κ3) is 2.59. The fourth-order valence-electron chi connectivity index (χ4n) is 3.20. The first-order chi connectivity index (χ1) is 11.3. The molecule has 4 rings (SSSR count). The van der Waals surface area contributed by atoms with Crippen LogP contribution in [0.15, 0.2) is 59.4 Å². The summed E-state index contributed by atoms with van der Waals surface area (Å²) in [5, 5.41) is 0.706. The smallest absolute Gasteiger partial charge is 0.261 e. The molecule has 0 aliphatic carbocycles. The van der Waals surface area contributed by atoms with E-state index in [1.807, 2.05) is 47.0 Å². The number of fused-ring (bicyclic) bond motifs is 2. The molecule has 0 N–H and O–H groups in total. The van der Waals surface area contributed by atoms with Crippen molar-refractivity contribution in [1.29, 1.82) is 0 Å². The first-order valence-electron chi connectivity index (χ1n) is 8.08. The van der Waals surface area contributed by atoms with Crippen LogP contribution in [0.25, 0.3) is 22.6 Å². The Morgan fingerprint density at radius 1 is 0.957 bits per heavy atom. The standard InChI is InChI=1S/C20H18N2O/c23-20-17-11-4-5-12-18(17)21-19-16(10-6-7-13-22(19)20)14-15-8-2-1-3-9-15/h1-5,8-9,11-12,14H,6-7,10,13H2/b16-14-. The molecule has 0 unspecified atom stereocenters. The van der Waals surface area contributed by atoms with Crippen molar-refractivity contribution in [3.8, 4) is 0 Å². The van der Waals surface area contributed by atoms with E-state index in [-0.39, 0.29) is 5.56 Å². The third-order valence-corrected chi connectivity index (χ3v) is 4.37. The van der Waals surface area contributed by atoms with Gasteiger partial charge in [0.1, 0.15) is 5.82 Å². The molecule has 23 heavy (non-hydrogen) atoms. The van der Waals surface area contributed by atoms with Crippen LogP contribution in [-0.4, -0.2) is 9.55 Å². The van der Waals surface area contributed by atoms with E-state index in [0.717, 1.165) is 48.3 Å². The zero-order valence-electron chi connectivity index (χ0n) is 12.9. The van der Waals surface area contributed by atoms with Crippen molar-refractivity contribution in [2.75, 3.05) is 0 Å². The summed E-state index contributed by atoms with van der Waals surface area (Å²) in [6.45, 7) is 0.748. The zero-order chi connectivity index (χ0) is 15.6. The van der Waals surface area contributed by atoms with Gasteiger partial charge in [-0.1, -0.05) is 42.5 Å². The van der Waals surface area contributed by atoms with Crippen LogP contribution in [0.1, 0.15) is 30.7 Å². The van der Waals surface area contributed by atoms with Crippen LogP contribution < -0.4 is 5.56 Å². The summed E-state index contributed by atoms with van der Waals surface area (Å²) in [5.74, 6) is 0.829. The van der Waals surface area contributed by atoms with E-state index in [9.17, 15) is 4.79 Å². The molecule has 0 saturated carbocycles. The molecule has 0 fully saturated rings. The minimum Gasteiger partial charge on any atom is -0.292 e. The first-order valence-corrected chi connectivity index (χ1v) is 8.08. The monoisotopic (exact) mass is 302 g/mol.